The van der Waals surface area contributed by atoms with Crippen molar-refractivity contribution in [3.8, 4) is 5.75 Å². The van der Waals surface area contributed by atoms with Crippen LogP contribution >= 0.6 is 15.9 Å². The molecule has 0 spiro atoms. The number of rotatable bonds is 8. The lowest BCUT2D eigenvalue weighted by Crippen LogP contribution is -2.51. The van der Waals surface area contributed by atoms with Crippen LogP contribution < -0.4 is 10.2 Å². The highest BCUT2D eigenvalue weighted by molar-refractivity contribution is 9.10. The molecule has 154 valence electrons. The maximum atomic E-state index is 12.6. The molecule has 0 radical (unpaired) electrons. The number of halogens is 1. The van der Waals surface area contributed by atoms with Gasteiger partial charge in [0.05, 0.1) is 6.61 Å². The minimum absolute atomic E-state index is 0.0774. The summed E-state index contributed by atoms with van der Waals surface area (Å²) in [7, 11) is 0. The maximum absolute atomic E-state index is 12.6. The minimum atomic E-state index is -1.28. The number of carbonyl (C=O) groups is 1. The SMILES string of the molecule is C[C@@H]1OC(c2ccc(OCCCO)cc2)=N[C@]1(Cc1ccc(Br)cc1)C(=O)NO. The first-order valence-electron chi connectivity index (χ1n) is 9.28. The molecule has 0 saturated carbocycles. The lowest BCUT2D eigenvalue weighted by Gasteiger charge is -2.26. The monoisotopic (exact) mass is 462 g/mol. The second kappa shape index (κ2) is 9.39. The number of hydroxylamine groups is 1. The summed E-state index contributed by atoms with van der Waals surface area (Å²) in [5.74, 6) is 0.384. The van der Waals surface area contributed by atoms with Gasteiger partial charge in [-0.05, 0) is 48.9 Å². The van der Waals surface area contributed by atoms with E-state index in [0.717, 1.165) is 10.0 Å². The van der Waals surface area contributed by atoms with Crippen LogP contribution in [-0.4, -0.2) is 47.0 Å². The Balaban J connectivity index is 1.86. The molecule has 1 aliphatic heterocycles. The van der Waals surface area contributed by atoms with Crippen molar-refractivity contribution in [3.63, 3.8) is 0 Å². The number of carbonyl (C=O) groups excluding carboxylic acids is 1. The van der Waals surface area contributed by atoms with Gasteiger partial charge in [-0.1, -0.05) is 28.1 Å². The number of benzene rings is 2. The lowest BCUT2D eigenvalue weighted by atomic mass is 9.86. The number of aliphatic hydroxyl groups excluding tert-OH is 1. The summed E-state index contributed by atoms with van der Waals surface area (Å²) in [6.45, 7) is 2.27. The van der Waals surface area contributed by atoms with Gasteiger partial charge in [0.1, 0.15) is 11.9 Å². The van der Waals surface area contributed by atoms with Crippen molar-refractivity contribution in [2.24, 2.45) is 4.99 Å². The van der Waals surface area contributed by atoms with Gasteiger partial charge < -0.3 is 14.6 Å². The molecule has 29 heavy (non-hydrogen) atoms. The summed E-state index contributed by atoms with van der Waals surface area (Å²) in [5, 5.41) is 18.2. The second-order valence-corrected chi connectivity index (χ2v) is 7.71. The van der Waals surface area contributed by atoms with Crippen molar-refractivity contribution >= 4 is 27.7 Å². The Morgan fingerprint density at radius 1 is 1.24 bits per heavy atom. The highest BCUT2D eigenvalue weighted by atomic mass is 79.9. The van der Waals surface area contributed by atoms with E-state index < -0.39 is 17.6 Å². The minimum Gasteiger partial charge on any atom is -0.494 e. The molecule has 0 fully saturated rings. The zero-order chi connectivity index (χ0) is 20.9. The Morgan fingerprint density at radius 2 is 1.93 bits per heavy atom. The molecule has 0 aliphatic carbocycles. The highest BCUT2D eigenvalue weighted by Crippen LogP contribution is 2.33. The fourth-order valence-corrected chi connectivity index (χ4v) is 3.42. The molecule has 7 nitrogen and oxygen atoms in total. The molecule has 3 rings (SSSR count). The van der Waals surface area contributed by atoms with Crippen LogP contribution in [0.1, 0.15) is 24.5 Å². The van der Waals surface area contributed by atoms with Crippen LogP contribution in [0.4, 0.5) is 0 Å². The maximum Gasteiger partial charge on any atom is 0.275 e. The molecule has 2 aromatic rings. The first kappa shape index (κ1) is 21.3. The van der Waals surface area contributed by atoms with Crippen LogP contribution in [0.25, 0.3) is 0 Å². The van der Waals surface area contributed by atoms with Crippen LogP contribution in [0.15, 0.2) is 58.0 Å². The Kier molecular flexibility index (Phi) is 6.89. The van der Waals surface area contributed by atoms with Gasteiger partial charge >= 0.3 is 0 Å². The largest absolute Gasteiger partial charge is 0.494 e. The predicted molar refractivity (Wildman–Crippen MR) is 111 cm³/mol. The number of hydrogen-bond acceptors (Lipinski definition) is 6. The van der Waals surface area contributed by atoms with Gasteiger partial charge in [-0.25, -0.2) is 10.5 Å². The summed E-state index contributed by atoms with van der Waals surface area (Å²) in [5.41, 5.74) is 2.06. The normalized spacial score (nSPS) is 20.7. The van der Waals surface area contributed by atoms with E-state index in [2.05, 4.69) is 20.9 Å². The number of ether oxygens (including phenoxy) is 2. The van der Waals surface area contributed by atoms with Crippen LogP contribution in [0.3, 0.4) is 0 Å². The first-order valence-corrected chi connectivity index (χ1v) is 10.1. The third-order valence-corrected chi connectivity index (χ3v) is 5.34. The van der Waals surface area contributed by atoms with Crippen molar-refractivity contribution < 1.29 is 24.6 Å². The van der Waals surface area contributed by atoms with E-state index in [-0.39, 0.29) is 13.0 Å². The van der Waals surface area contributed by atoms with E-state index in [1.807, 2.05) is 24.3 Å². The van der Waals surface area contributed by atoms with Crippen molar-refractivity contribution in [1.29, 1.82) is 0 Å². The molecule has 0 unspecified atom stereocenters. The highest BCUT2D eigenvalue weighted by Gasteiger charge is 2.50. The molecule has 1 amide bonds. The number of hydrogen-bond donors (Lipinski definition) is 3. The molecule has 8 heteroatoms. The van der Waals surface area contributed by atoms with E-state index in [4.69, 9.17) is 14.6 Å². The van der Waals surface area contributed by atoms with Gasteiger partial charge in [-0.2, -0.15) is 0 Å². The molecule has 1 aliphatic rings. The molecule has 1 heterocycles. The topological polar surface area (TPSA) is 100 Å². The molecule has 0 saturated heterocycles. The first-order chi connectivity index (χ1) is 14.0. The van der Waals surface area contributed by atoms with Gasteiger partial charge in [0.15, 0.2) is 5.54 Å². The summed E-state index contributed by atoms with van der Waals surface area (Å²) in [6.07, 6.45) is 0.262. The fraction of sp³-hybridized carbons (Fsp3) is 0.333. The van der Waals surface area contributed by atoms with Crippen LogP contribution in [0.2, 0.25) is 0 Å². The van der Waals surface area contributed by atoms with Gasteiger partial charge in [-0.3, -0.25) is 10.0 Å². The van der Waals surface area contributed by atoms with Gasteiger partial charge in [0.2, 0.25) is 5.90 Å². The second-order valence-electron chi connectivity index (χ2n) is 6.80. The standard InChI is InChI=1S/C21H23BrN2O5/c1-14-21(20(26)24-27,13-15-3-7-17(22)8-4-15)23-19(29-14)16-5-9-18(10-6-16)28-12-2-11-25/h3-10,14,25,27H,2,11-13H2,1H3,(H,24,26)/t14-,21-/m0/s1. The molecule has 0 bridgehead atoms. The number of nitrogens with zero attached hydrogens (tertiary/aromatic N) is 1. The molecular weight excluding hydrogens is 440 g/mol. The average Bonchev–Trinajstić information content (AvgIpc) is 3.07. The smallest absolute Gasteiger partial charge is 0.275 e. The molecular formula is C21H23BrN2O5. The van der Waals surface area contributed by atoms with E-state index in [1.165, 1.54) is 0 Å². The zero-order valence-corrected chi connectivity index (χ0v) is 17.6. The number of aliphatic hydroxyl groups is 1. The molecule has 0 aromatic heterocycles. The predicted octanol–water partition coefficient (Wildman–Crippen LogP) is 2.86. The number of aliphatic imine (C=N–C) groups is 1. The van der Waals surface area contributed by atoms with Crippen molar-refractivity contribution in [3.05, 3.63) is 64.1 Å². The lowest BCUT2D eigenvalue weighted by molar-refractivity contribution is -0.136. The van der Waals surface area contributed by atoms with Gasteiger partial charge in [0, 0.05) is 29.5 Å². The third-order valence-electron chi connectivity index (χ3n) is 4.82. The van der Waals surface area contributed by atoms with Crippen LogP contribution in [0.5, 0.6) is 5.75 Å². The summed E-state index contributed by atoms with van der Waals surface area (Å²) < 4.78 is 12.4. The van der Waals surface area contributed by atoms with E-state index in [0.29, 0.717) is 30.2 Å². The third kappa shape index (κ3) is 4.77. The van der Waals surface area contributed by atoms with Crippen molar-refractivity contribution in [2.75, 3.05) is 13.2 Å². The molecule has 2 aromatic carbocycles. The van der Waals surface area contributed by atoms with Crippen molar-refractivity contribution in [1.82, 2.24) is 5.48 Å². The van der Waals surface area contributed by atoms with Crippen LogP contribution in [-0.2, 0) is 16.0 Å². The summed E-state index contributed by atoms with van der Waals surface area (Å²) in [4.78, 5) is 17.2. The Labute approximate surface area is 177 Å². The van der Waals surface area contributed by atoms with Crippen molar-refractivity contribution in [2.45, 2.75) is 31.4 Å². The Bertz CT molecular complexity index is 870. The van der Waals surface area contributed by atoms with E-state index in [9.17, 15) is 10.0 Å². The number of nitrogens with one attached hydrogen (secondary N) is 1. The average molecular weight is 463 g/mol. The Hall–Kier alpha value is -2.42. The molecule has 3 N–H and O–H groups in total. The van der Waals surface area contributed by atoms with E-state index >= 15 is 0 Å². The summed E-state index contributed by atoms with van der Waals surface area (Å²) in [6, 6.07) is 14.7. The van der Waals surface area contributed by atoms with Gasteiger partial charge in [0.25, 0.3) is 5.91 Å². The van der Waals surface area contributed by atoms with E-state index in [1.54, 1.807) is 36.7 Å². The van der Waals surface area contributed by atoms with Crippen LogP contribution in [0, 0.1) is 0 Å². The quantitative estimate of drug-likeness (QED) is 0.318. The summed E-state index contributed by atoms with van der Waals surface area (Å²) >= 11 is 3.40. The number of amides is 1. The van der Waals surface area contributed by atoms with Gasteiger partial charge in [-0.15, -0.1) is 0 Å². The molecule has 2 atom stereocenters. The fourth-order valence-electron chi connectivity index (χ4n) is 3.15. The zero-order valence-electron chi connectivity index (χ0n) is 16.0. The Morgan fingerprint density at radius 3 is 2.55 bits per heavy atom.